The molecular weight excluding hydrogens is 254 g/mol. The molecule has 0 spiro atoms. The van der Waals surface area contributed by atoms with E-state index in [9.17, 15) is 4.79 Å². The monoisotopic (exact) mass is 284 g/mol. The van der Waals surface area contributed by atoms with Crippen molar-refractivity contribution in [2.75, 3.05) is 6.54 Å². The van der Waals surface area contributed by atoms with Crippen LogP contribution in [-0.4, -0.2) is 25.0 Å². The minimum atomic E-state index is -0.541. The molecule has 2 unspecified atom stereocenters. The van der Waals surface area contributed by atoms with Crippen molar-refractivity contribution in [3.8, 4) is 0 Å². The van der Waals surface area contributed by atoms with Crippen LogP contribution < -0.4 is 5.32 Å². The molecular formula is C16H30NO3. The lowest BCUT2D eigenvalue weighted by Gasteiger charge is -2.23. The minimum absolute atomic E-state index is 0.00674. The first-order valence-corrected chi connectivity index (χ1v) is 8.30. The highest BCUT2D eigenvalue weighted by Crippen LogP contribution is 2.15. The minimum Gasteiger partial charge on any atom is -0.431 e. The van der Waals surface area contributed by atoms with Crippen LogP contribution in [0.3, 0.4) is 0 Å². The van der Waals surface area contributed by atoms with Gasteiger partial charge in [-0.05, 0) is 38.5 Å². The number of carbonyl (C=O) groups is 1. The second kappa shape index (κ2) is 11.0. The van der Waals surface area contributed by atoms with Gasteiger partial charge in [-0.2, -0.15) is 0 Å². The van der Waals surface area contributed by atoms with Gasteiger partial charge in [0.1, 0.15) is 6.10 Å². The fourth-order valence-electron chi connectivity index (χ4n) is 2.45. The van der Waals surface area contributed by atoms with Gasteiger partial charge in [0.2, 0.25) is 0 Å². The zero-order valence-electron chi connectivity index (χ0n) is 13.1. The fraction of sp³-hybridized carbons (Fsp3) is 0.938. The molecule has 1 aliphatic heterocycles. The van der Waals surface area contributed by atoms with Crippen LogP contribution >= 0.6 is 0 Å². The lowest BCUT2D eigenvalue weighted by molar-refractivity contribution is -0.0222. The first kappa shape index (κ1) is 17.3. The number of carbonyl (C=O) groups excluding carboxylic acids is 1. The van der Waals surface area contributed by atoms with Crippen LogP contribution in [0.4, 0.5) is 4.79 Å². The molecule has 0 aromatic heterocycles. The highest BCUT2D eigenvalue weighted by Gasteiger charge is 2.21. The maximum atomic E-state index is 11.7. The van der Waals surface area contributed by atoms with Gasteiger partial charge in [-0.3, -0.25) is 0 Å². The quantitative estimate of drug-likeness (QED) is 0.466. The van der Waals surface area contributed by atoms with Gasteiger partial charge in [0.15, 0.2) is 6.23 Å². The lowest BCUT2D eigenvalue weighted by Crippen LogP contribution is -2.33. The maximum Gasteiger partial charge on any atom is 0.510 e. The summed E-state index contributed by atoms with van der Waals surface area (Å²) in [6.45, 7) is 5.06. The van der Waals surface area contributed by atoms with E-state index < -0.39 is 6.16 Å². The Kier molecular flexibility index (Phi) is 9.46. The van der Waals surface area contributed by atoms with Gasteiger partial charge in [0.05, 0.1) is 0 Å². The van der Waals surface area contributed by atoms with Gasteiger partial charge >= 0.3 is 6.16 Å². The number of piperidine rings is 1. The summed E-state index contributed by atoms with van der Waals surface area (Å²) in [4.78, 5) is 11.7. The van der Waals surface area contributed by atoms with Crippen LogP contribution in [0.15, 0.2) is 0 Å². The van der Waals surface area contributed by atoms with Crippen molar-refractivity contribution >= 4 is 6.16 Å². The zero-order chi connectivity index (χ0) is 14.6. The normalized spacial score (nSPS) is 20.4. The molecule has 4 heteroatoms. The number of unbranched alkanes of at least 4 members (excludes halogenated alkanes) is 4. The Bertz CT molecular complexity index is 252. The second-order valence-electron chi connectivity index (χ2n) is 5.58. The van der Waals surface area contributed by atoms with Crippen LogP contribution in [0.25, 0.3) is 0 Å². The van der Waals surface area contributed by atoms with Crippen LogP contribution in [0, 0.1) is 0 Å². The Morgan fingerprint density at radius 1 is 1.20 bits per heavy atom. The second-order valence-corrected chi connectivity index (χ2v) is 5.58. The van der Waals surface area contributed by atoms with Crippen molar-refractivity contribution < 1.29 is 14.3 Å². The molecule has 1 aliphatic rings. The molecule has 0 saturated carbocycles. The summed E-state index contributed by atoms with van der Waals surface area (Å²) in [5.41, 5.74) is 0. The fourth-order valence-corrected chi connectivity index (χ4v) is 2.45. The molecule has 0 bridgehead atoms. The van der Waals surface area contributed by atoms with E-state index in [4.69, 9.17) is 9.47 Å². The predicted octanol–water partition coefficient (Wildman–Crippen LogP) is 4.39. The van der Waals surface area contributed by atoms with E-state index in [-0.39, 0.29) is 12.3 Å². The van der Waals surface area contributed by atoms with Crippen LogP contribution in [0.5, 0.6) is 0 Å². The Labute approximate surface area is 123 Å². The molecule has 1 saturated heterocycles. The topological polar surface area (TPSA) is 49.6 Å². The molecule has 20 heavy (non-hydrogen) atoms. The predicted molar refractivity (Wildman–Crippen MR) is 79.7 cm³/mol. The molecule has 0 aliphatic carbocycles. The Morgan fingerprint density at radius 2 is 2.00 bits per heavy atom. The molecule has 0 aromatic rings. The van der Waals surface area contributed by atoms with E-state index in [0.717, 1.165) is 45.1 Å². The lowest BCUT2D eigenvalue weighted by atomic mass is 10.1. The van der Waals surface area contributed by atoms with Crippen molar-refractivity contribution in [2.24, 2.45) is 0 Å². The van der Waals surface area contributed by atoms with Crippen molar-refractivity contribution in [1.29, 1.82) is 0 Å². The highest BCUT2D eigenvalue weighted by molar-refractivity contribution is 5.60. The molecule has 1 radical (unpaired) electrons. The van der Waals surface area contributed by atoms with Gasteiger partial charge in [0.25, 0.3) is 0 Å². The SMILES string of the molecule is CCCCCCCC(CC)OC(=O)OC1CCCC[N]1. The van der Waals surface area contributed by atoms with Crippen molar-refractivity contribution in [3.05, 3.63) is 0 Å². The van der Waals surface area contributed by atoms with Gasteiger partial charge in [-0.15, -0.1) is 0 Å². The third-order valence-corrected chi connectivity index (χ3v) is 3.77. The summed E-state index contributed by atoms with van der Waals surface area (Å²) < 4.78 is 10.6. The average Bonchev–Trinajstić information content (AvgIpc) is 2.46. The van der Waals surface area contributed by atoms with Crippen LogP contribution in [-0.2, 0) is 9.47 Å². The standard InChI is InChI=1S/C16H30NO3/c1-3-5-6-7-8-11-14(4-2)19-16(18)20-15-12-9-10-13-17-15/h14-15H,3-13H2,1-2H3. The largest absolute Gasteiger partial charge is 0.510 e. The number of ether oxygens (including phenoxy) is 2. The maximum absolute atomic E-state index is 11.7. The van der Waals surface area contributed by atoms with Gasteiger partial charge in [0, 0.05) is 6.54 Å². The number of hydrogen-bond acceptors (Lipinski definition) is 3. The molecule has 2 atom stereocenters. The highest BCUT2D eigenvalue weighted by atomic mass is 16.7. The van der Waals surface area contributed by atoms with E-state index in [1.54, 1.807) is 0 Å². The van der Waals surface area contributed by atoms with E-state index in [1.165, 1.54) is 25.7 Å². The average molecular weight is 284 g/mol. The molecule has 0 aromatic carbocycles. The third-order valence-electron chi connectivity index (χ3n) is 3.77. The van der Waals surface area contributed by atoms with E-state index in [1.807, 2.05) is 0 Å². The Morgan fingerprint density at radius 3 is 2.65 bits per heavy atom. The third kappa shape index (κ3) is 7.73. The molecule has 1 heterocycles. The van der Waals surface area contributed by atoms with Crippen LogP contribution in [0.2, 0.25) is 0 Å². The summed E-state index contributed by atoms with van der Waals surface area (Å²) in [6.07, 6.45) is 10.2. The molecule has 0 amide bonds. The summed E-state index contributed by atoms with van der Waals surface area (Å²) >= 11 is 0. The number of nitrogens with zero attached hydrogens (tertiary/aromatic N) is 1. The van der Waals surface area contributed by atoms with Crippen molar-refractivity contribution in [2.45, 2.75) is 90.4 Å². The molecule has 0 N–H and O–H groups in total. The van der Waals surface area contributed by atoms with E-state index >= 15 is 0 Å². The number of rotatable bonds is 9. The molecule has 4 nitrogen and oxygen atoms in total. The Balaban J connectivity index is 2.12. The van der Waals surface area contributed by atoms with Crippen molar-refractivity contribution in [3.63, 3.8) is 0 Å². The molecule has 117 valence electrons. The Hall–Kier alpha value is -0.770. The number of hydrogen-bond donors (Lipinski definition) is 0. The van der Waals surface area contributed by atoms with Gasteiger partial charge in [-0.1, -0.05) is 39.5 Å². The first-order chi connectivity index (χ1) is 9.76. The summed E-state index contributed by atoms with van der Waals surface area (Å²) in [7, 11) is 0. The summed E-state index contributed by atoms with van der Waals surface area (Å²) in [5, 5.41) is 4.28. The van der Waals surface area contributed by atoms with Gasteiger partial charge in [-0.25, -0.2) is 10.1 Å². The molecule has 1 rings (SSSR count). The van der Waals surface area contributed by atoms with E-state index in [2.05, 4.69) is 19.2 Å². The smallest absolute Gasteiger partial charge is 0.431 e. The first-order valence-electron chi connectivity index (χ1n) is 8.30. The van der Waals surface area contributed by atoms with Crippen molar-refractivity contribution in [1.82, 2.24) is 5.32 Å². The van der Waals surface area contributed by atoms with Crippen LogP contribution in [0.1, 0.15) is 78.1 Å². The van der Waals surface area contributed by atoms with Gasteiger partial charge < -0.3 is 9.47 Å². The molecule has 1 fully saturated rings. The zero-order valence-corrected chi connectivity index (χ0v) is 13.1. The summed E-state index contributed by atoms with van der Waals surface area (Å²) in [5.74, 6) is 0. The van der Waals surface area contributed by atoms with E-state index in [0.29, 0.717) is 0 Å². The summed E-state index contributed by atoms with van der Waals surface area (Å²) in [6, 6.07) is 0.